The van der Waals surface area contributed by atoms with E-state index < -0.39 is 15.7 Å². The van der Waals surface area contributed by atoms with E-state index in [1.165, 1.54) is 36.4 Å². The standard InChI is InChI=1S/C22H16BrFN2O3S/c1-14-2-10-18(11-3-14)25-21-22(30(27,28)19-12-6-16(23)7-13-19)26-20(29-21)15-4-8-17(24)9-5-15/h2-13,25H,1H3. The molecular formula is C22H16BrFN2O3S. The fraction of sp³-hybridized carbons (Fsp3) is 0.0455. The van der Waals surface area contributed by atoms with Crippen LogP contribution in [0.4, 0.5) is 16.0 Å². The molecule has 0 saturated carbocycles. The summed E-state index contributed by atoms with van der Waals surface area (Å²) < 4.78 is 46.4. The third-order valence-corrected chi connectivity index (χ3v) is 6.58. The zero-order valence-corrected chi connectivity index (χ0v) is 18.2. The van der Waals surface area contributed by atoms with Gasteiger partial charge in [-0.15, -0.1) is 0 Å². The number of rotatable bonds is 5. The van der Waals surface area contributed by atoms with Gasteiger partial charge >= 0.3 is 0 Å². The number of halogens is 2. The summed E-state index contributed by atoms with van der Waals surface area (Å²) in [6, 6.07) is 19.1. The SMILES string of the molecule is Cc1ccc(Nc2oc(-c3ccc(F)cc3)nc2S(=O)(=O)c2ccc(Br)cc2)cc1. The lowest BCUT2D eigenvalue weighted by molar-refractivity contribution is 0.581. The van der Waals surface area contributed by atoms with E-state index in [1.807, 2.05) is 31.2 Å². The third kappa shape index (κ3) is 4.15. The maximum atomic E-state index is 13.3. The summed E-state index contributed by atoms with van der Waals surface area (Å²) in [5, 5.41) is 2.75. The summed E-state index contributed by atoms with van der Waals surface area (Å²) in [5.41, 5.74) is 2.17. The Morgan fingerprint density at radius 1 is 0.933 bits per heavy atom. The van der Waals surface area contributed by atoms with Crippen LogP contribution in [0.1, 0.15) is 5.56 Å². The molecule has 0 atom stereocenters. The van der Waals surface area contributed by atoms with E-state index in [1.54, 1.807) is 12.1 Å². The Bertz CT molecular complexity index is 1280. The molecule has 0 unspecified atom stereocenters. The fourth-order valence-electron chi connectivity index (χ4n) is 2.78. The normalized spacial score (nSPS) is 11.4. The third-order valence-electron chi connectivity index (χ3n) is 4.38. The van der Waals surface area contributed by atoms with Gasteiger partial charge in [0.05, 0.1) is 4.90 Å². The Morgan fingerprint density at radius 2 is 1.57 bits per heavy atom. The second-order valence-electron chi connectivity index (χ2n) is 6.61. The highest BCUT2D eigenvalue weighted by Gasteiger charge is 2.28. The van der Waals surface area contributed by atoms with Gasteiger partial charge in [0, 0.05) is 15.7 Å². The number of aromatic nitrogens is 1. The average molecular weight is 487 g/mol. The van der Waals surface area contributed by atoms with Crippen LogP contribution in [0.2, 0.25) is 0 Å². The lowest BCUT2D eigenvalue weighted by atomic mass is 10.2. The lowest BCUT2D eigenvalue weighted by Gasteiger charge is -2.06. The van der Waals surface area contributed by atoms with Crippen molar-refractivity contribution >= 4 is 37.3 Å². The minimum absolute atomic E-state index is 0.0129. The van der Waals surface area contributed by atoms with Gasteiger partial charge in [-0.05, 0) is 67.6 Å². The van der Waals surface area contributed by atoms with E-state index in [-0.39, 0.29) is 21.7 Å². The van der Waals surface area contributed by atoms with E-state index in [9.17, 15) is 12.8 Å². The second kappa shape index (κ2) is 8.04. The largest absolute Gasteiger partial charge is 0.419 e. The molecule has 1 aromatic heterocycles. The number of nitrogens with one attached hydrogen (secondary N) is 1. The highest BCUT2D eigenvalue weighted by atomic mass is 79.9. The van der Waals surface area contributed by atoms with E-state index in [2.05, 4.69) is 26.2 Å². The Kier molecular flexibility index (Phi) is 5.44. The predicted octanol–water partition coefficient (Wildman–Crippen LogP) is 6.13. The summed E-state index contributed by atoms with van der Waals surface area (Å²) in [6.07, 6.45) is 0. The zero-order valence-electron chi connectivity index (χ0n) is 15.8. The monoisotopic (exact) mass is 486 g/mol. The molecule has 152 valence electrons. The number of hydrogen-bond acceptors (Lipinski definition) is 5. The van der Waals surface area contributed by atoms with Crippen LogP contribution in [0, 0.1) is 12.7 Å². The van der Waals surface area contributed by atoms with E-state index in [0.29, 0.717) is 11.3 Å². The fourth-order valence-corrected chi connectivity index (χ4v) is 4.30. The molecule has 30 heavy (non-hydrogen) atoms. The van der Waals surface area contributed by atoms with Gasteiger partial charge in [-0.1, -0.05) is 33.6 Å². The average Bonchev–Trinajstić information content (AvgIpc) is 3.15. The molecule has 0 radical (unpaired) electrons. The van der Waals surface area contributed by atoms with Gasteiger partial charge in [-0.3, -0.25) is 0 Å². The molecule has 5 nitrogen and oxygen atoms in total. The van der Waals surface area contributed by atoms with Crippen LogP contribution in [0.3, 0.4) is 0 Å². The Balaban J connectivity index is 1.83. The first kappa shape index (κ1) is 20.3. The van der Waals surface area contributed by atoms with E-state index in [0.717, 1.165) is 10.0 Å². The van der Waals surface area contributed by atoms with Crippen molar-refractivity contribution in [3.8, 4) is 11.5 Å². The topological polar surface area (TPSA) is 72.2 Å². The van der Waals surface area contributed by atoms with Gasteiger partial charge in [-0.2, -0.15) is 4.98 Å². The molecule has 0 aliphatic heterocycles. The highest BCUT2D eigenvalue weighted by molar-refractivity contribution is 9.10. The first-order valence-electron chi connectivity index (χ1n) is 8.94. The first-order chi connectivity index (χ1) is 14.3. The first-order valence-corrected chi connectivity index (χ1v) is 11.2. The number of anilines is 2. The highest BCUT2D eigenvalue weighted by Crippen LogP contribution is 2.34. The van der Waals surface area contributed by atoms with Crippen LogP contribution >= 0.6 is 15.9 Å². The Morgan fingerprint density at radius 3 is 2.20 bits per heavy atom. The molecule has 4 rings (SSSR count). The molecule has 0 amide bonds. The van der Waals surface area contributed by atoms with Gasteiger partial charge in [0.25, 0.3) is 0 Å². The smallest absolute Gasteiger partial charge is 0.238 e. The number of oxazole rings is 1. The summed E-state index contributed by atoms with van der Waals surface area (Å²) >= 11 is 3.30. The van der Waals surface area contributed by atoms with Crippen LogP contribution in [0.15, 0.2) is 91.6 Å². The van der Waals surface area contributed by atoms with Crippen molar-refractivity contribution < 1.29 is 17.2 Å². The quantitative estimate of drug-likeness (QED) is 0.367. The van der Waals surface area contributed by atoms with Gasteiger partial charge in [-0.25, -0.2) is 12.8 Å². The lowest BCUT2D eigenvalue weighted by Crippen LogP contribution is -2.05. The molecule has 0 spiro atoms. The molecule has 0 aliphatic rings. The molecular weight excluding hydrogens is 471 g/mol. The summed E-state index contributed by atoms with van der Waals surface area (Å²) in [7, 11) is -3.97. The summed E-state index contributed by atoms with van der Waals surface area (Å²) in [5.74, 6) is -0.354. The molecule has 0 saturated heterocycles. The maximum Gasteiger partial charge on any atom is 0.238 e. The molecule has 8 heteroatoms. The van der Waals surface area contributed by atoms with E-state index in [4.69, 9.17) is 4.42 Å². The van der Waals surface area contributed by atoms with Crippen LogP contribution in [0.5, 0.6) is 0 Å². The van der Waals surface area contributed by atoms with Crippen LogP contribution in [-0.4, -0.2) is 13.4 Å². The van der Waals surface area contributed by atoms with Crippen LogP contribution in [-0.2, 0) is 9.84 Å². The van der Waals surface area contributed by atoms with Crippen molar-refractivity contribution in [3.63, 3.8) is 0 Å². The van der Waals surface area contributed by atoms with Crippen molar-refractivity contribution in [2.45, 2.75) is 16.8 Å². The number of aryl methyl sites for hydroxylation is 1. The minimum atomic E-state index is -3.97. The molecule has 0 fully saturated rings. The maximum absolute atomic E-state index is 13.3. The predicted molar refractivity (Wildman–Crippen MR) is 116 cm³/mol. The number of benzene rings is 3. The van der Waals surface area contributed by atoms with E-state index >= 15 is 0 Å². The van der Waals surface area contributed by atoms with Crippen LogP contribution in [0.25, 0.3) is 11.5 Å². The molecule has 0 aliphatic carbocycles. The Labute approximate surface area is 181 Å². The van der Waals surface area contributed by atoms with Gasteiger partial charge in [0.2, 0.25) is 26.6 Å². The second-order valence-corrected chi connectivity index (χ2v) is 9.39. The van der Waals surface area contributed by atoms with Crippen molar-refractivity contribution in [1.29, 1.82) is 0 Å². The number of sulfone groups is 1. The van der Waals surface area contributed by atoms with Gasteiger partial charge in [0.15, 0.2) is 0 Å². The molecule has 0 bridgehead atoms. The number of nitrogens with zero attached hydrogens (tertiary/aromatic N) is 1. The number of hydrogen-bond donors (Lipinski definition) is 1. The van der Waals surface area contributed by atoms with Crippen LogP contribution < -0.4 is 5.32 Å². The van der Waals surface area contributed by atoms with Crippen molar-refractivity contribution in [3.05, 3.63) is 88.6 Å². The minimum Gasteiger partial charge on any atom is -0.419 e. The van der Waals surface area contributed by atoms with Crippen molar-refractivity contribution in [2.75, 3.05) is 5.32 Å². The molecule has 3 aromatic carbocycles. The van der Waals surface area contributed by atoms with Gasteiger partial charge < -0.3 is 9.73 Å². The summed E-state index contributed by atoms with van der Waals surface area (Å²) in [6.45, 7) is 1.95. The molecule has 4 aromatic rings. The van der Waals surface area contributed by atoms with Crippen molar-refractivity contribution in [2.24, 2.45) is 0 Å². The van der Waals surface area contributed by atoms with Crippen molar-refractivity contribution in [1.82, 2.24) is 4.98 Å². The molecule has 1 heterocycles. The van der Waals surface area contributed by atoms with Gasteiger partial charge in [0.1, 0.15) is 5.82 Å². The Hall–Kier alpha value is -2.97. The zero-order chi connectivity index (χ0) is 21.3. The molecule has 1 N–H and O–H groups in total. The summed E-state index contributed by atoms with van der Waals surface area (Å²) in [4.78, 5) is 4.32.